The third-order valence-corrected chi connectivity index (χ3v) is 3.48. The van der Waals surface area contributed by atoms with E-state index in [9.17, 15) is 4.79 Å². The summed E-state index contributed by atoms with van der Waals surface area (Å²) in [6.45, 7) is 5.06. The Kier molecular flexibility index (Phi) is 5.09. The molecule has 0 aromatic carbocycles. The van der Waals surface area contributed by atoms with Crippen LogP contribution in [0.25, 0.3) is 0 Å². The van der Waals surface area contributed by atoms with E-state index >= 15 is 0 Å². The fraction of sp³-hybridized carbons (Fsp3) is 0.917. The third-order valence-electron chi connectivity index (χ3n) is 3.48. The number of carbonyl (C=O) groups is 1. The van der Waals surface area contributed by atoms with Gasteiger partial charge in [-0.15, -0.1) is 0 Å². The number of hydrogen-bond donors (Lipinski definition) is 2. The fourth-order valence-electron chi connectivity index (χ4n) is 2.09. The maximum atomic E-state index is 11.4. The predicted octanol–water partition coefficient (Wildman–Crippen LogP) is 1.67. The van der Waals surface area contributed by atoms with Gasteiger partial charge < -0.3 is 11.1 Å². The van der Waals surface area contributed by atoms with Gasteiger partial charge in [0.1, 0.15) is 0 Å². The van der Waals surface area contributed by atoms with Gasteiger partial charge in [-0.3, -0.25) is 4.79 Å². The molecule has 0 saturated heterocycles. The van der Waals surface area contributed by atoms with Crippen molar-refractivity contribution >= 4 is 5.91 Å². The molecule has 0 aromatic rings. The van der Waals surface area contributed by atoms with Gasteiger partial charge in [-0.2, -0.15) is 0 Å². The van der Waals surface area contributed by atoms with Crippen molar-refractivity contribution in [1.29, 1.82) is 0 Å². The van der Waals surface area contributed by atoms with E-state index in [0.29, 0.717) is 12.3 Å². The van der Waals surface area contributed by atoms with Crippen LogP contribution in [0.3, 0.4) is 0 Å². The van der Waals surface area contributed by atoms with E-state index in [1.807, 2.05) is 6.92 Å². The molecule has 0 spiro atoms. The molecule has 3 heteroatoms. The summed E-state index contributed by atoms with van der Waals surface area (Å²) in [6.07, 6.45) is 5.83. The lowest BCUT2D eigenvalue weighted by atomic mass is 9.83. The van der Waals surface area contributed by atoms with Crippen molar-refractivity contribution in [1.82, 2.24) is 5.32 Å². The molecule has 0 aromatic heterocycles. The summed E-state index contributed by atoms with van der Waals surface area (Å²) in [5, 5.41) is 2.95. The quantitative estimate of drug-likeness (QED) is 0.744. The predicted molar refractivity (Wildman–Crippen MR) is 62.4 cm³/mol. The molecule has 3 N–H and O–H groups in total. The molecule has 3 nitrogen and oxygen atoms in total. The molecule has 0 heterocycles. The molecule has 0 radical (unpaired) electrons. The molecule has 15 heavy (non-hydrogen) atoms. The molecule has 1 fully saturated rings. The lowest BCUT2D eigenvalue weighted by molar-refractivity contribution is -0.122. The molecular formula is C12H24N2O. The Labute approximate surface area is 92.8 Å². The van der Waals surface area contributed by atoms with Crippen molar-refractivity contribution < 1.29 is 4.79 Å². The first kappa shape index (κ1) is 12.5. The zero-order chi connectivity index (χ0) is 11.3. The van der Waals surface area contributed by atoms with Crippen molar-refractivity contribution in [3.63, 3.8) is 0 Å². The van der Waals surface area contributed by atoms with Crippen LogP contribution in [0, 0.1) is 11.8 Å². The molecule has 0 aliphatic heterocycles. The van der Waals surface area contributed by atoms with Crippen LogP contribution in [0.15, 0.2) is 0 Å². The molecule has 1 aliphatic rings. The Morgan fingerprint density at radius 2 is 2.00 bits per heavy atom. The highest BCUT2D eigenvalue weighted by atomic mass is 16.2. The summed E-state index contributed by atoms with van der Waals surface area (Å²) in [5.41, 5.74) is 5.64. The largest absolute Gasteiger partial charge is 0.354 e. The first-order valence-electron chi connectivity index (χ1n) is 6.16. The van der Waals surface area contributed by atoms with Crippen LogP contribution in [0.5, 0.6) is 0 Å². The molecule has 0 bridgehead atoms. The Morgan fingerprint density at radius 1 is 1.40 bits per heavy atom. The highest BCUT2D eigenvalue weighted by Gasteiger charge is 2.19. The SMILES string of the molecule is CC[C@H](N)C(=O)NCC1CCC(C)CC1. The third kappa shape index (κ3) is 4.20. The fourth-order valence-corrected chi connectivity index (χ4v) is 2.09. The Morgan fingerprint density at radius 3 is 2.53 bits per heavy atom. The van der Waals surface area contributed by atoms with Gasteiger partial charge in [-0.25, -0.2) is 0 Å². The summed E-state index contributed by atoms with van der Waals surface area (Å²) in [6, 6.07) is -0.326. The van der Waals surface area contributed by atoms with E-state index in [2.05, 4.69) is 12.2 Å². The highest BCUT2D eigenvalue weighted by molar-refractivity contribution is 5.81. The monoisotopic (exact) mass is 212 g/mol. The number of rotatable bonds is 4. The number of amides is 1. The molecule has 1 amide bonds. The van der Waals surface area contributed by atoms with E-state index in [0.717, 1.165) is 12.5 Å². The van der Waals surface area contributed by atoms with Crippen LogP contribution in [0.4, 0.5) is 0 Å². The van der Waals surface area contributed by atoms with Gasteiger partial charge in [0.05, 0.1) is 6.04 Å². The van der Waals surface area contributed by atoms with Gasteiger partial charge in [0.25, 0.3) is 0 Å². The molecule has 1 saturated carbocycles. The maximum absolute atomic E-state index is 11.4. The average Bonchev–Trinajstić information content (AvgIpc) is 2.26. The highest BCUT2D eigenvalue weighted by Crippen LogP contribution is 2.27. The summed E-state index contributed by atoms with van der Waals surface area (Å²) in [4.78, 5) is 11.4. The number of carbonyl (C=O) groups excluding carboxylic acids is 1. The van der Waals surface area contributed by atoms with Crippen LogP contribution in [0.1, 0.15) is 46.0 Å². The van der Waals surface area contributed by atoms with Crippen molar-refractivity contribution in [3.8, 4) is 0 Å². The molecule has 1 rings (SSSR count). The molecular weight excluding hydrogens is 188 g/mol. The zero-order valence-corrected chi connectivity index (χ0v) is 9.96. The normalized spacial score (nSPS) is 28.5. The van der Waals surface area contributed by atoms with Crippen molar-refractivity contribution in [2.75, 3.05) is 6.54 Å². The first-order chi connectivity index (χ1) is 7.13. The smallest absolute Gasteiger partial charge is 0.236 e. The van der Waals surface area contributed by atoms with Crippen LogP contribution >= 0.6 is 0 Å². The number of hydrogen-bond acceptors (Lipinski definition) is 2. The minimum atomic E-state index is -0.326. The second kappa shape index (κ2) is 6.11. The molecule has 0 unspecified atom stereocenters. The summed E-state index contributed by atoms with van der Waals surface area (Å²) < 4.78 is 0. The van der Waals surface area contributed by atoms with Gasteiger partial charge in [0.2, 0.25) is 5.91 Å². The topological polar surface area (TPSA) is 55.1 Å². The minimum absolute atomic E-state index is 0.0103. The van der Waals surface area contributed by atoms with Crippen LogP contribution in [-0.4, -0.2) is 18.5 Å². The second-order valence-electron chi connectivity index (χ2n) is 4.89. The standard InChI is InChI=1S/C12H24N2O/c1-3-11(13)12(15)14-8-10-6-4-9(2)5-7-10/h9-11H,3-8,13H2,1-2H3,(H,14,15)/t9?,10?,11-/m0/s1. The van der Waals surface area contributed by atoms with Gasteiger partial charge in [0, 0.05) is 6.54 Å². The van der Waals surface area contributed by atoms with Crippen LogP contribution < -0.4 is 11.1 Å². The van der Waals surface area contributed by atoms with E-state index in [-0.39, 0.29) is 11.9 Å². The van der Waals surface area contributed by atoms with Crippen LogP contribution in [0.2, 0.25) is 0 Å². The lowest BCUT2D eigenvalue weighted by Crippen LogP contribution is -2.42. The van der Waals surface area contributed by atoms with Crippen LogP contribution in [-0.2, 0) is 4.79 Å². The van der Waals surface area contributed by atoms with Crippen molar-refractivity contribution in [3.05, 3.63) is 0 Å². The van der Waals surface area contributed by atoms with Gasteiger partial charge in [-0.1, -0.05) is 26.7 Å². The van der Waals surface area contributed by atoms with E-state index in [4.69, 9.17) is 5.73 Å². The van der Waals surface area contributed by atoms with E-state index in [1.165, 1.54) is 25.7 Å². The summed E-state index contributed by atoms with van der Waals surface area (Å²) >= 11 is 0. The zero-order valence-electron chi connectivity index (χ0n) is 9.96. The van der Waals surface area contributed by atoms with Gasteiger partial charge >= 0.3 is 0 Å². The lowest BCUT2D eigenvalue weighted by Gasteiger charge is -2.26. The average molecular weight is 212 g/mol. The van der Waals surface area contributed by atoms with Crippen molar-refractivity contribution in [2.24, 2.45) is 17.6 Å². The maximum Gasteiger partial charge on any atom is 0.236 e. The minimum Gasteiger partial charge on any atom is -0.354 e. The number of nitrogens with one attached hydrogen (secondary N) is 1. The molecule has 1 atom stereocenters. The van der Waals surface area contributed by atoms with E-state index < -0.39 is 0 Å². The Bertz CT molecular complexity index is 198. The van der Waals surface area contributed by atoms with Gasteiger partial charge in [0.15, 0.2) is 0 Å². The van der Waals surface area contributed by atoms with Crippen molar-refractivity contribution in [2.45, 2.75) is 52.0 Å². The van der Waals surface area contributed by atoms with E-state index in [1.54, 1.807) is 0 Å². The molecule has 1 aliphatic carbocycles. The van der Waals surface area contributed by atoms with Gasteiger partial charge in [-0.05, 0) is 31.1 Å². The number of nitrogens with two attached hydrogens (primary N) is 1. The summed E-state index contributed by atoms with van der Waals surface area (Å²) in [7, 11) is 0. The Balaban J connectivity index is 2.17. The first-order valence-corrected chi connectivity index (χ1v) is 6.16. The summed E-state index contributed by atoms with van der Waals surface area (Å²) in [5.74, 6) is 1.56. The molecule has 88 valence electrons. The second-order valence-corrected chi connectivity index (χ2v) is 4.89. The Hall–Kier alpha value is -0.570.